The molecule has 0 aliphatic carbocycles. The molecule has 104 valence electrons. The second kappa shape index (κ2) is 8.11. The van der Waals surface area contributed by atoms with Crippen molar-refractivity contribution in [3.63, 3.8) is 0 Å². The number of rotatable bonds is 5. The molecule has 1 N–H and O–H groups in total. The molecule has 1 rings (SSSR count). The maximum Gasteiger partial charge on any atom is 0.139 e. The quantitative estimate of drug-likeness (QED) is 0.804. The van der Waals surface area contributed by atoms with Crippen molar-refractivity contribution in [3.05, 3.63) is 28.2 Å². The van der Waals surface area contributed by atoms with E-state index in [1.165, 1.54) is 0 Å². The Kier molecular flexibility index (Phi) is 8.04. The summed E-state index contributed by atoms with van der Waals surface area (Å²) in [5, 5.41) is 4.63. The maximum atomic E-state index is 5.98. The number of nitrogens with one attached hydrogen (secondary N) is 1. The largest absolute Gasteiger partial charge is 0.492 e. The van der Waals surface area contributed by atoms with Crippen molar-refractivity contribution in [2.45, 2.75) is 32.7 Å². The summed E-state index contributed by atoms with van der Waals surface area (Å²) in [4.78, 5) is 0. The highest BCUT2D eigenvalue weighted by Crippen LogP contribution is 2.27. The van der Waals surface area contributed by atoms with E-state index in [4.69, 9.17) is 27.9 Å². The Morgan fingerprint density at radius 2 is 1.89 bits per heavy atom. The molecule has 1 aromatic rings. The summed E-state index contributed by atoms with van der Waals surface area (Å²) in [7, 11) is 0. The zero-order chi connectivity index (χ0) is 12.9. The van der Waals surface area contributed by atoms with Gasteiger partial charge in [-0.05, 0) is 45.9 Å². The predicted molar refractivity (Wildman–Crippen MR) is 81.6 cm³/mol. The number of hydrogen-bond donors (Lipinski definition) is 1. The first-order valence-corrected chi connectivity index (χ1v) is 6.47. The Morgan fingerprint density at radius 1 is 1.22 bits per heavy atom. The molecule has 0 radical (unpaired) electrons. The summed E-state index contributed by atoms with van der Waals surface area (Å²) in [6.07, 6.45) is 0.931. The number of halogens is 3. The van der Waals surface area contributed by atoms with Crippen LogP contribution in [0.1, 0.15) is 27.2 Å². The van der Waals surface area contributed by atoms with Gasteiger partial charge >= 0.3 is 0 Å². The van der Waals surface area contributed by atoms with Crippen LogP contribution in [-0.4, -0.2) is 18.7 Å². The van der Waals surface area contributed by atoms with Crippen LogP contribution in [0.4, 0.5) is 0 Å². The topological polar surface area (TPSA) is 21.3 Å². The summed E-state index contributed by atoms with van der Waals surface area (Å²) in [6.45, 7) is 7.97. The van der Waals surface area contributed by atoms with E-state index in [0.29, 0.717) is 22.4 Å². The van der Waals surface area contributed by atoms with E-state index < -0.39 is 0 Å². The summed E-state index contributed by atoms with van der Waals surface area (Å²) < 4.78 is 5.58. The number of ether oxygens (including phenoxy) is 1. The minimum Gasteiger partial charge on any atom is -0.492 e. The first kappa shape index (κ1) is 17.8. The van der Waals surface area contributed by atoms with Crippen LogP contribution in [0.25, 0.3) is 0 Å². The smallest absolute Gasteiger partial charge is 0.139 e. The van der Waals surface area contributed by atoms with Crippen LogP contribution in [0.2, 0.25) is 10.0 Å². The minimum absolute atomic E-state index is 0. The Bertz CT molecular complexity index is 364. The molecular formula is C13H20Cl3NO. The van der Waals surface area contributed by atoms with Crippen LogP contribution in [0.15, 0.2) is 18.2 Å². The first-order valence-electron chi connectivity index (χ1n) is 5.71. The molecule has 2 nitrogen and oxygen atoms in total. The van der Waals surface area contributed by atoms with Crippen molar-refractivity contribution < 1.29 is 4.74 Å². The normalized spacial score (nSPS) is 10.9. The molecule has 0 spiro atoms. The molecule has 0 fully saturated rings. The van der Waals surface area contributed by atoms with Gasteiger partial charge < -0.3 is 10.1 Å². The van der Waals surface area contributed by atoms with Gasteiger partial charge in [0.1, 0.15) is 5.75 Å². The molecular weight excluding hydrogens is 293 g/mol. The van der Waals surface area contributed by atoms with Gasteiger partial charge in [-0.2, -0.15) is 0 Å². The van der Waals surface area contributed by atoms with Gasteiger partial charge in [-0.25, -0.2) is 0 Å². The molecule has 0 atom stereocenters. The molecule has 0 amide bonds. The Labute approximate surface area is 125 Å². The fourth-order valence-electron chi connectivity index (χ4n) is 1.31. The molecule has 0 aromatic heterocycles. The Hall–Kier alpha value is -0.150. The van der Waals surface area contributed by atoms with Crippen molar-refractivity contribution in [2.24, 2.45) is 0 Å². The van der Waals surface area contributed by atoms with Crippen LogP contribution in [-0.2, 0) is 0 Å². The van der Waals surface area contributed by atoms with E-state index in [9.17, 15) is 0 Å². The van der Waals surface area contributed by atoms with Gasteiger partial charge in [0, 0.05) is 16.6 Å². The summed E-state index contributed by atoms with van der Waals surface area (Å²) >= 11 is 11.8. The molecule has 18 heavy (non-hydrogen) atoms. The molecule has 0 saturated carbocycles. The third-order valence-corrected chi connectivity index (χ3v) is 2.67. The zero-order valence-electron chi connectivity index (χ0n) is 10.9. The van der Waals surface area contributed by atoms with Crippen LogP contribution >= 0.6 is 35.6 Å². The fraction of sp³-hybridized carbons (Fsp3) is 0.538. The van der Waals surface area contributed by atoms with E-state index in [2.05, 4.69) is 26.1 Å². The van der Waals surface area contributed by atoms with Crippen LogP contribution in [0.3, 0.4) is 0 Å². The SMILES string of the molecule is CC(C)(C)NCCCOc1cc(Cl)ccc1Cl.Cl. The van der Waals surface area contributed by atoms with Gasteiger partial charge in [0.25, 0.3) is 0 Å². The summed E-state index contributed by atoms with van der Waals surface area (Å²) in [5.74, 6) is 0.648. The van der Waals surface area contributed by atoms with Gasteiger partial charge in [0.05, 0.1) is 11.6 Å². The molecule has 0 heterocycles. The van der Waals surface area contributed by atoms with Crippen LogP contribution in [0, 0.1) is 0 Å². The third kappa shape index (κ3) is 7.32. The molecule has 5 heteroatoms. The van der Waals surface area contributed by atoms with E-state index in [0.717, 1.165) is 13.0 Å². The highest BCUT2D eigenvalue weighted by atomic mass is 35.5. The lowest BCUT2D eigenvalue weighted by molar-refractivity contribution is 0.298. The van der Waals surface area contributed by atoms with Crippen LogP contribution < -0.4 is 10.1 Å². The standard InChI is InChI=1S/C13H19Cl2NO.ClH/c1-13(2,3)16-7-4-8-17-12-9-10(14)5-6-11(12)15;/h5-6,9,16H,4,7-8H2,1-3H3;1H. The van der Waals surface area contributed by atoms with E-state index in [1.807, 2.05) is 0 Å². The van der Waals surface area contributed by atoms with Gasteiger partial charge in [0.2, 0.25) is 0 Å². The van der Waals surface area contributed by atoms with Crippen molar-refractivity contribution >= 4 is 35.6 Å². The molecule has 1 aromatic carbocycles. The molecule has 0 unspecified atom stereocenters. The monoisotopic (exact) mass is 311 g/mol. The molecule has 0 aliphatic heterocycles. The summed E-state index contributed by atoms with van der Waals surface area (Å²) in [5.41, 5.74) is 0.147. The Morgan fingerprint density at radius 3 is 2.50 bits per heavy atom. The van der Waals surface area contributed by atoms with Gasteiger partial charge in [-0.3, -0.25) is 0 Å². The second-order valence-corrected chi connectivity index (χ2v) is 5.80. The lowest BCUT2D eigenvalue weighted by Gasteiger charge is -2.20. The average molecular weight is 313 g/mol. The number of benzene rings is 1. The second-order valence-electron chi connectivity index (χ2n) is 4.95. The van der Waals surface area contributed by atoms with Crippen molar-refractivity contribution in [3.8, 4) is 5.75 Å². The highest BCUT2D eigenvalue weighted by molar-refractivity contribution is 6.34. The zero-order valence-corrected chi connectivity index (χ0v) is 13.3. The summed E-state index contributed by atoms with van der Waals surface area (Å²) in [6, 6.07) is 5.23. The van der Waals surface area contributed by atoms with Gasteiger partial charge in [-0.15, -0.1) is 12.4 Å². The number of hydrogen-bond acceptors (Lipinski definition) is 2. The van der Waals surface area contributed by atoms with E-state index in [1.54, 1.807) is 18.2 Å². The van der Waals surface area contributed by atoms with Crippen molar-refractivity contribution in [1.82, 2.24) is 5.32 Å². The molecule has 0 bridgehead atoms. The van der Waals surface area contributed by atoms with E-state index >= 15 is 0 Å². The Balaban J connectivity index is 0.00000289. The van der Waals surface area contributed by atoms with Gasteiger partial charge in [0.15, 0.2) is 0 Å². The molecule has 0 aliphatic rings. The average Bonchev–Trinajstić information content (AvgIpc) is 2.21. The van der Waals surface area contributed by atoms with Crippen molar-refractivity contribution in [1.29, 1.82) is 0 Å². The maximum absolute atomic E-state index is 5.98. The third-order valence-electron chi connectivity index (χ3n) is 2.13. The highest BCUT2D eigenvalue weighted by Gasteiger charge is 2.07. The minimum atomic E-state index is 0. The molecule has 0 saturated heterocycles. The van der Waals surface area contributed by atoms with Crippen LogP contribution in [0.5, 0.6) is 5.75 Å². The van der Waals surface area contributed by atoms with Gasteiger partial charge in [-0.1, -0.05) is 23.2 Å². The first-order chi connectivity index (χ1) is 7.88. The lowest BCUT2D eigenvalue weighted by Crippen LogP contribution is -2.36. The predicted octanol–water partition coefficient (Wildman–Crippen LogP) is 4.57. The van der Waals surface area contributed by atoms with Crippen molar-refractivity contribution in [2.75, 3.05) is 13.2 Å². The lowest BCUT2D eigenvalue weighted by atomic mass is 10.1. The fourth-order valence-corrected chi connectivity index (χ4v) is 1.64. The van der Waals surface area contributed by atoms with E-state index in [-0.39, 0.29) is 17.9 Å².